The molecule has 1 aromatic carbocycles. The number of nitrogens with one attached hydrogen (secondary N) is 1. The third kappa shape index (κ3) is 6.46. The molecule has 5 rings (SSSR count). The highest BCUT2D eigenvalue weighted by Gasteiger charge is 2.61. The predicted molar refractivity (Wildman–Crippen MR) is 159 cm³/mol. The molecule has 3 aliphatic rings. The fraction of sp³-hybridized carbons (Fsp3) is 0.517. The van der Waals surface area contributed by atoms with Gasteiger partial charge in [-0.25, -0.2) is 22.9 Å². The molecule has 3 aliphatic heterocycles. The Balaban J connectivity index is 1.51. The molecule has 16 heteroatoms. The fourth-order valence-electron chi connectivity index (χ4n) is 5.82. The van der Waals surface area contributed by atoms with Crippen molar-refractivity contribution in [3.63, 3.8) is 0 Å². The van der Waals surface area contributed by atoms with Gasteiger partial charge in [0.2, 0.25) is 0 Å². The highest BCUT2D eigenvalue weighted by molar-refractivity contribution is 7.11. The smallest absolute Gasteiger partial charge is 0.338 e. The second-order valence-electron chi connectivity index (χ2n) is 11.4. The van der Waals surface area contributed by atoms with Crippen molar-refractivity contribution < 1.29 is 42.2 Å². The van der Waals surface area contributed by atoms with E-state index in [4.69, 9.17) is 30.9 Å². The Hall–Kier alpha value is -3.08. The lowest BCUT2D eigenvalue weighted by molar-refractivity contribution is -0.205. The maximum absolute atomic E-state index is 15.7. The number of aromatic nitrogens is 1. The number of benzene rings is 1. The topological polar surface area (TPSA) is 126 Å². The number of methoxy groups -OCH3 is 1. The van der Waals surface area contributed by atoms with Gasteiger partial charge in [-0.2, -0.15) is 5.06 Å². The molecule has 0 saturated carbocycles. The molecule has 0 aliphatic carbocycles. The van der Waals surface area contributed by atoms with E-state index < -0.39 is 59.9 Å². The first-order valence-electron chi connectivity index (χ1n) is 14.2. The zero-order chi connectivity index (χ0) is 32.7. The molecular weight excluding hydrogens is 639 g/mol. The molecular formula is C29H33ClF3N5O6S. The van der Waals surface area contributed by atoms with E-state index in [0.29, 0.717) is 10.6 Å². The van der Waals surface area contributed by atoms with Crippen LogP contribution >= 0.6 is 22.9 Å². The highest BCUT2D eigenvalue weighted by Crippen LogP contribution is 2.43. The van der Waals surface area contributed by atoms with Crippen molar-refractivity contribution in [2.24, 2.45) is 10.4 Å². The first-order valence-corrected chi connectivity index (χ1v) is 15.4. The van der Waals surface area contributed by atoms with Crippen molar-refractivity contribution in [3.05, 3.63) is 62.5 Å². The van der Waals surface area contributed by atoms with E-state index in [1.54, 1.807) is 18.5 Å². The summed E-state index contributed by atoms with van der Waals surface area (Å²) in [6.45, 7) is 3.44. The van der Waals surface area contributed by atoms with Crippen LogP contribution in [0.25, 0.3) is 0 Å². The van der Waals surface area contributed by atoms with E-state index in [0.717, 1.165) is 11.1 Å². The summed E-state index contributed by atoms with van der Waals surface area (Å²) in [6, 6.07) is 0.431. The minimum Gasteiger partial charge on any atom is -0.481 e. The van der Waals surface area contributed by atoms with Crippen LogP contribution in [-0.4, -0.2) is 102 Å². The van der Waals surface area contributed by atoms with Gasteiger partial charge in [0.15, 0.2) is 10.8 Å². The molecule has 2 N–H and O–H groups in total. The van der Waals surface area contributed by atoms with Crippen LogP contribution in [0.15, 0.2) is 46.0 Å². The maximum Gasteiger partial charge on any atom is 0.338 e. The molecule has 45 heavy (non-hydrogen) atoms. The van der Waals surface area contributed by atoms with E-state index in [1.807, 2.05) is 0 Å². The number of halogens is 4. The first-order chi connectivity index (χ1) is 21.3. The number of carbonyl (C=O) groups is 2. The van der Waals surface area contributed by atoms with Crippen LogP contribution < -0.4 is 5.32 Å². The summed E-state index contributed by atoms with van der Waals surface area (Å²) < 4.78 is 56.3. The van der Waals surface area contributed by atoms with E-state index in [-0.39, 0.29) is 48.4 Å². The molecule has 2 fully saturated rings. The third-order valence-electron chi connectivity index (χ3n) is 8.26. The number of aliphatic carboxylic acids is 1. The summed E-state index contributed by atoms with van der Waals surface area (Å²) >= 11 is 7.71. The van der Waals surface area contributed by atoms with E-state index >= 15 is 8.78 Å². The average molecular weight is 672 g/mol. The number of aliphatic imine (C=N–C) groups is 1. The second kappa shape index (κ2) is 13.0. The molecule has 1 aromatic heterocycles. The number of amidine groups is 1. The molecule has 2 saturated heterocycles. The number of nitrogens with zero attached hydrogens (tertiary/aromatic N) is 4. The standard InChI is InChI=1S/C29H33ClF3N5O6S/c1-5-43-26(39)21-18(35-24(25-34-8-9-45-25)36-22(21)16-7-6-15(31)10-17(16)30)11-37-14-29(32,33)23-19(37)13-44-38(23)12-20(42-4)28(2,3)27(40)41/h6-10,19-20,22-23H,5,11-14H2,1-4H3,(H,35,36)(H,40,41)/t19-,20-,22-,23+/m0/s1. The van der Waals surface area contributed by atoms with E-state index in [9.17, 15) is 19.1 Å². The van der Waals surface area contributed by atoms with Crippen molar-refractivity contribution in [2.75, 3.05) is 40.0 Å². The Labute approximate surface area is 266 Å². The van der Waals surface area contributed by atoms with Crippen LogP contribution in [0.5, 0.6) is 0 Å². The minimum absolute atomic E-state index is 0.0230. The summed E-state index contributed by atoms with van der Waals surface area (Å²) in [5, 5.41) is 16.2. The lowest BCUT2D eigenvalue weighted by Gasteiger charge is -2.34. The molecule has 244 valence electrons. The van der Waals surface area contributed by atoms with E-state index in [2.05, 4.69) is 10.3 Å². The number of ether oxygens (including phenoxy) is 2. The molecule has 0 spiro atoms. The number of carboxylic acid groups (broad SMARTS) is 1. The molecule has 4 heterocycles. The molecule has 0 amide bonds. The van der Waals surface area contributed by atoms with Crippen LogP contribution in [0.3, 0.4) is 0 Å². The average Bonchev–Trinajstić information content (AvgIpc) is 3.70. The lowest BCUT2D eigenvalue weighted by atomic mass is 9.86. The maximum atomic E-state index is 15.7. The van der Waals surface area contributed by atoms with Gasteiger partial charge in [-0.15, -0.1) is 11.3 Å². The lowest BCUT2D eigenvalue weighted by Crippen LogP contribution is -2.51. The Morgan fingerprint density at radius 3 is 2.73 bits per heavy atom. The normalized spacial score (nSPS) is 24.3. The number of rotatable bonds is 11. The molecule has 0 unspecified atom stereocenters. The van der Waals surface area contributed by atoms with Gasteiger partial charge < -0.3 is 19.9 Å². The number of fused-ring (bicyclic) bond motifs is 1. The molecule has 4 atom stereocenters. The number of alkyl halides is 2. The quantitative estimate of drug-likeness (QED) is 0.340. The van der Waals surface area contributed by atoms with Gasteiger partial charge in [0.05, 0.1) is 49.4 Å². The zero-order valence-electron chi connectivity index (χ0n) is 24.9. The number of hydrogen-bond donors (Lipinski definition) is 2. The number of hydroxylamine groups is 2. The molecule has 11 nitrogen and oxygen atoms in total. The summed E-state index contributed by atoms with van der Waals surface area (Å²) in [7, 11) is 1.32. The highest BCUT2D eigenvalue weighted by atomic mass is 35.5. The summed E-state index contributed by atoms with van der Waals surface area (Å²) in [5.74, 6) is -5.44. The van der Waals surface area contributed by atoms with Gasteiger partial charge in [-0.1, -0.05) is 17.7 Å². The Kier molecular flexibility index (Phi) is 9.59. The van der Waals surface area contributed by atoms with Crippen LogP contribution in [0.4, 0.5) is 13.2 Å². The van der Waals surface area contributed by atoms with Crippen molar-refractivity contribution in [1.82, 2.24) is 20.3 Å². The van der Waals surface area contributed by atoms with Gasteiger partial charge in [-0.3, -0.25) is 19.5 Å². The van der Waals surface area contributed by atoms with Gasteiger partial charge in [0.1, 0.15) is 17.9 Å². The van der Waals surface area contributed by atoms with E-state index in [1.165, 1.54) is 49.3 Å². The summed E-state index contributed by atoms with van der Waals surface area (Å²) in [5.41, 5.74) is -0.774. The van der Waals surface area contributed by atoms with Gasteiger partial charge in [0.25, 0.3) is 5.92 Å². The van der Waals surface area contributed by atoms with Crippen LogP contribution in [0, 0.1) is 11.2 Å². The van der Waals surface area contributed by atoms with Gasteiger partial charge >= 0.3 is 11.9 Å². The third-order valence-corrected chi connectivity index (χ3v) is 9.37. The second-order valence-corrected chi connectivity index (χ2v) is 12.7. The number of hydrogen-bond acceptors (Lipinski definition) is 11. The molecule has 0 radical (unpaired) electrons. The zero-order valence-corrected chi connectivity index (χ0v) is 26.5. The minimum atomic E-state index is -3.27. The van der Waals surface area contributed by atoms with Crippen molar-refractivity contribution in [2.45, 2.75) is 50.9 Å². The van der Waals surface area contributed by atoms with Crippen LogP contribution in [0.1, 0.15) is 37.4 Å². The molecule has 2 aromatic rings. The largest absolute Gasteiger partial charge is 0.481 e. The monoisotopic (exact) mass is 671 g/mol. The van der Waals surface area contributed by atoms with Crippen LogP contribution in [-0.2, 0) is 23.9 Å². The van der Waals surface area contributed by atoms with Crippen LogP contribution in [0.2, 0.25) is 5.02 Å². The Bertz CT molecular complexity index is 1510. The SMILES string of the molecule is CCOC(=O)C1=C(CN2CC(F)(F)[C@H]3[C@@H]2CON3C[C@H](OC)C(C)(C)C(=O)O)NC(c2nccs2)=N[C@H]1c1ccc(F)cc1Cl. The number of thiazole rings is 1. The Morgan fingerprint density at radius 2 is 2.11 bits per heavy atom. The van der Waals surface area contributed by atoms with Crippen molar-refractivity contribution >= 4 is 40.7 Å². The first kappa shape index (κ1) is 33.3. The summed E-state index contributed by atoms with van der Waals surface area (Å²) in [6.07, 6.45) is 0.624. The number of carboxylic acids is 1. The van der Waals surface area contributed by atoms with Crippen molar-refractivity contribution in [1.29, 1.82) is 0 Å². The molecule has 0 bridgehead atoms. The number of esters is 1. The van der Waals surface area contributed by atoms with Gasteiger partial charge in [-0.05, 0) is 32.9 Å². The van der Waals surface area contributed by atoms with Gasteiger partial charge in [0, 0.05) is 41.5 Å². The fourth-order valence-corrected chi connectivity index (χ4v) is 6.68. The summed E-state index contributed by atoms with van der Waals surface area (Å²) in [4.78, 5) is 41.6. The number of likely N-dealkylation sites (tertiary alicyclic amines) is 1. The van der Waals surface area contributed by atoms with Crippen molar-refractivity contribution in [3.8, 4) is 0 Å². The Morgan fingerprint density at radius 1 is 1.36 bits per heavy atom. The predicted octanol–water partition coefficient (Wildman–Crippen LogP) is 3.91. The number of carbonyl (C=O) groups excluding carboxylic acids is 1.